The Labute approximate surface area is 120 Å². The summed E-state index contributed by atoms with van der Waals surface area (Å²) in [5, 5.41) is 4.07. The number of hydrogen-bond acceptors (Lipinski definition) is 3. The van der Waals surface area contributed by atoms with Crippen LogP contribution in [0.5, 0.6) is 0 Å². The molecule has 0 aliphatic heterocycles. The fourth-order valence-corrected chi connectivity index (χ4v) is 1.29. The van der Waals surface area contributed by atoms with Gasteiger partial charge in [-0.15, -0.1) is 0 Å². The summed E-state index contributed by atoms with van der Waals surface area (Å²) < 4.78 is 0. The molecule has 0 saturated carbocycles. The quantitative estimate of drug-likeness (QED) is 0.454. The maximum Gasteiger partial charge on any atom is 0.138 e. The van der Waals surface area contributed by atoms with Crippen LogP contribution in [-0.2, 0) is 0 Å². The maximum absolute atomic E-state index is 4.18. The van der Waals surface area contributed by atoms with E-state index in [0.717, 1.165) is 11.1 Å². The van der Waals surface area contributed by atoms with Crippen molar-refractivity contribution in [2.45, 2.75) is 6.92 Å². The highest BCUT2D eigenvalue weighted by atomic mass is 15.3. The van der Waals surface area contributed by atoms with E-state index in [0.29, 0.717) is 5.82 Å². The van der Waals surface area contributed by atoms with Gasteiger partial charge in [0.1, 0.15) is 5.82 Å². The predicted octanol–water partition coefficient (Wildman–Crippen LogP) is 3.84. The minimum atomic E-state index is 0.475. The van der Waals surface area contributed by atoms with Gasteiger partial charge in [0, 0.05) is 6.21 Å². The first-order valence-electron chi connectivity index (χ1n) is 6.28. The standard InChI is InChI=1S/C17H19N3/c1-4-6-10-16(5-2)13-18-15(3)20-19-14-17-11-8-7-9-12-17/h4-14,20H,1,3H2,2H3/b10-6-,16-5+,18-13?,19-14+. The maximum atomic E-state index is 4.18. The van der Waals surface area contributed by atoms with E-state index in [1.54, 1.807) is 18.5 Å². The number of benzene rings is 1. The Balaban J connectivity index is 2.49. The van der Waals surface area contributed by atoms with Gasteiger partial charge < -0.3 is 0 Å². The summed E-state index contributed by atoms with van der Waals surface area (Å²) in [6, 6.07) is 9.81. The van der Waals surface area contributed by atoms with Crippen molar-refractivity contribution in [1.82, 2.24) is 5.43 Å². The lowest BCUT2D eigenvalue weighted by Gasteiger charge is -1.98. The first-order chi connectivity index (χ1) is 9.76. The second kappa shape index (κ2) is 9.28. The summed E-state index contributed by atoms with van der Waals surface area (Å²) in [5.74, 6) is 0.475. The Bertz CT molecular complexity index is 549. The first-order valence-corrected chi connectivity index (χ1v) is 6.28. The molecule has 0 bridgehead atoms. The third kappa shape index (κ3) is 6.31. The summed E-state index contributed by atoms with van der Waals surface area (Å²) in [5.41, 5.74) is 4.76. The van der Waals surface area contributed by atoms with Crippen LogP contribution in [0.1, 0.15) is 12.5 Å². The number of rotatable bonds is 7. The van der Waals surface area contributed by atoms with Gasteiger partial charge in [0.25, 0.3) is 0 Å². The van der Waals surface area contributed by atoms with Gasteiger partial charge in [0.2, 0.25) is 0 Å². The zero-order valence-corrected chi connectivity index (χ0v) is 11.7. The highest BCUT2D eigenvalue weighted by Gasteiger charge is 1.88. The molecule has 0 spiro atoms. The molecule has 3 nitrogen and oxygen atoms in total. The molecule has 3 heteroatoms. The van der Waals surface area contributed by atoms with Gasteiger partial charge in [-0.1, -0.05) is 67.8 Å². The number of hydrazone groups is 1. The van der Waals surface area contributed by atoms with Crippen molar-refractivity contribution in [3.8, 4) is 0 Å². The average Bonchev–Trinajstić information content (AvgIpc) is 2.48. The molecule has 0 unspecified atom stereocenters. The van der Waals surface area contributed by atoms with E-state index >= 15 is 0 Å². The van der Waals surface area contributed by atoms with Crippen LogP contribution in [0.3, 0.4) is 0 Å². The van der Waals surface area contributed by atoms with Crippen LogP contribution in [0.15, 0.2) is 89.3 Å². The van der Waals surface area contributed by atoms with Crippen LogP contribution < -0.4 is 5.43 Å². The number of hydrogen-bond donors (Lipinski definition) is 1. The van der Waals surface area contributed by atoms with E-state index in [-0.39, 0.29) is 0 Å². The molecule has 102 valence electrons. The Kier molecular flexibility index (Phi) is 7.13. The Hall–Kier alpha value is -2.68. The third-order valence-corrected chi connectivity index (χ3v) is 2.33. The van der Waals surface area contributed by atoms with Crippen LogP contribution in [0.4, 0.5) is 0 Å². The van der Waals surface area contributed by atoms with Gasteiger partial charge in [-0.3, -0.25) is 5.43 Å². The molecule has 0 saturated heterocycles. The van der Waals surface area contributed by atoms with Gasteiger partial charge in [0.15, 0.2) is 0 Å². The largest absolute Gasteiger partial charge is 0.262 e. The predicted molar refractivity (Wildman–Crippen MR) is 87.9 cm³/mol. The minimum absolute atomic E-state index is 0.475. The highest BCUT2D eigenvalue weighted by Crippen LogP contribution is 1.97. The van der Waals surface area contributed by atoms with Gasteiger partial charge >= 0.3 is 0 Å². The van der Waals surface area contributed by atoms with Crippen molar-refractivity contribution < 1.29 is 0 Å². The van der Waals surface area contributed by atoms with E-state index in [1.165, 1.54) is 0 Å². The Morgan fingerprint density at radius 3 is 2.65 bits per heavy atom. The summed E-state index contributed by atoms with van der Waals surface area (Å²) >= 11 is 0. The van der Waals surface area contributed by atoms with Crippen molar-refractivity contribution in [1.29, 1.82) is 0 Å². The van der Waals surface area contributed by atoms with E-state index in [9.17, 15) is 0 Å². The second-order valence-electron chi connectivity index (χ2n) is 3.87. The topological polar surface area (TPSA) is 36.8 Å². The molecule has 0 aliphatic carbocycles. The molecule has 1 aromatic carbocycles. The van der Waals surface area contributed by atoms with Crippen LogP contribution in [0.2, 0.25) is 0 Å². The molecular weight excluding hydrogens is 246 g/mol. The normalized spacial score (nSPS) is 12.3. The van der Waals surface area contributed by atoms with Crippen LogP contribution >= 0.6 is 0 Å². The smallest absolute Gasteiger partial charge is 0.138 e. The molecule has 0 aliphatic rings. The van der Waals surface area contributed by atoms with Gasteiger partial charge in [0.05, 0.1) is 6.21 Å². The number of allylic oxidation sites excluding steroid dienone is 5. The second-order valence-corrected chi connectivity index (χ2v) is 3.87. The monoisotopic (exact) mass is 265 g/mol. The fourth-order valence-electron chi connectivity index (χ4n) is 1.29. The van der Waals surface area contributed by atoms with Crippen LogP contribution in [0.25, 0.3) is 0 Å². The molecule has 1 rings (SSSR count). The first kappa shape index (κ1) is 15.4. The summed E-state index contributed by atoms with van der Waals surface area (Å²) in [6.07, 6.45) is 10.9. The van der Waals surface area contributed by atoms with E-state index < -0.39 is 0 Å². The summed E-state index contributed by atoms with van der Waals surface area (Å²) in [7, 11) is 0. The van der Waals surface area contributed by atoms with Gasteiger partial charge in [-0.25, -0.2) is 4.99 Å². The highest BCUT2D eigenvalue weighted by molar-refractivity contribution is 5.83. The lowest BCUT2D eigenvalue weighted by atomic mass is 10.2. The lowest BCUT2D eigenvalue weighted by molar-refractivity contribution is 0.884. The molecule has 0 fully saturated rings. The van der Waals surface area contributed by atoms with Crippen molar-refractivity contribution >= 4 is 12.4 Å². The van der Waals surface area contributed by atoms with E-state index in [2.05, 4.69) is 28.7 Å². The Morgan fingerprint density at radius 1 is 1.25 bits per heavy atom. The average molecular weight is 265 g/mol. The van der Waals surface area contributed by atoms with E-state index in [4.69, 9.17) is 0 Å². The van der Waals surface area contributed by atoms with Crippen molar-refractivity contribution in [2.24, 2.45) is 10.1 Å². The SMILES string of the molecule is C=C/C=C\C(C=NC(=C)N/N=C/c1ccccc1)=C/C. The van der Waals surface area contributed by atoms with Crippen LogP contribution in [0, 0.1) is 0 Å². The van der Waals surface area contributed by atoms with Gasteiger partial charge in [-0.2, -0.15) is 5.10 Å². The molecule has 0 radical (unpaired) electrons. The molecule has 0 amide bonds. The number of aliphatic imine (C=N–C) groups is 1. The van der Waals surface area contributed by atoms with Crippen molar-refractivity contribution in [3.63, 3.8) is 0 Å². The van der Waals surface area contributed by atoms with Gasteiger partial charge in [-0.05, 0) is 18.1 Å². The zero-order chi connectivity index (χ0) is 14.6. The van der Waals surface area contributed by atoms with Crippen molar-refractivity contribution in [2.75, 3.05) is 0 Å². The minimum Gasteiger partial charge on any atom is -0.262 e. The molecule has 0 aromatic heterocycles. The van der Waals surface area contributed by atoms with E-state index in [1.807, 2.05) is 55.5 Å². The van der Waals surface area contributed by atoms with Crippen molar-refractivity contribution in [3.05, 3.63) is 84.8 Å². The summed E-state index contributed by atoms with van der Waals surface area (Å²) in [6.45, 7) is 9.35. The molecule has 0 heterocycles. The number of nitrogens with one attached hydrogen (secondary N) is 1. The Morgan fingerprint density at radius 2 is 2.00 bits per heavy atom. The fraction of sp³-hybridized carbons (Fsp3) is 0.0588. The molecule has 0 atom stereocenters. The zero-order valence-electron chi connectivity index (χ0n) is 11.7. The molecule has 20 heavy (non-hydrogen) atoms. The third-order valence-electron chi connectivity index (χ3n) is 2.33. The summed E-state index contributed by atoms with van der Waals surface area (Å²) in [4.78, 5) is 4.18. The molecule has 1 N–H and O–H groups in total. The number of nitrogens with zero attached hydrogens (tertiary/aromatic N) is 2. The van der Waals surface area contributed by atoms with Crippen LogP contribution in [-0.4, -0.2) is 12.4 Å². The lowest BCUT2D eigenvalue weighted by Crippen LogP contribution is -2.02. The molecule has 1 aromatic rings. The molecular formula is C17H19N3.